The van der Waals surface area contributed by atoms with Crippen molar-refractivity contribution in [2.75, 3.05) is 5.75 Å². The monoisotopic (exact) mass is 343 g/mol. The molecule has 1 aliphatic rings. The van der Waals surface area contributed by atoms with E-state index in [1.54, 1.807) is 0 Å². The maximum absolute atomic E-state index is 11.6. The summed E-state index contributed by atoms with van der Waals surface area (Å²) in [4.78, 5) is 24.0. The highest BCUT2D eigenvalue weighted by molar-refractivity contribution is 8.15. The summed E-state index contributed by atoms with van der Waals surface area (Å²) in [7, 11) is 0. The van der Waals surface area contributed by atoms with Gasteiger partial charge in [-0.3, -0.25) is 14.9 Å². The average molecular weight is 343 g/mol. The van der Waals surface area contributed by atoms with Crippen LogP contribution in [0.15, 0.2) is 59.5 Å². The van der Waals surface area contributed by atoms with E-state index in [0.29, 0.717) is 6.42 Å². The van der Waals surface area contributed by atoms with Crippen molar-refractivity contribution in [3.05, 3.63) is 65.7 Å². The number of nitrogens with one attached hydrogen (secondary N) is 1. The lowest BCUT2D eigenvalue weighted by Gasteiger charge is -2.07. The van der Waals surface area contributed by atoms with Gasteiger partial charge in [-0.15, -0.1) is 11.8 Å². The van der Waals surface area contributed by atoms with Crippen molar-refractivity contribution in [2.24, 2.45) is 0 Å². The first-order valence-electron chi connectivity index (χ1n) is 7.48. The molecule has 2 amide bonds. The van der Waals surface area contributed by atoms with Crippen molar-refractivity contribution in [2.45, 2.75) is 23.0 Å². The molecule has 1 aliphatic heterocycles. The van der Waals surface area contributed by atoms with E-state index in [2.05, 4.69) is 41.7 Å². The fourth-order valence-corrected chi connectivity index (χ4v) is 4.16. The largest absolute Gasteiger partial charge is 0.286 e. The highest BCUT2D eigenvalue weighted by atomic mass is 32.2. The first-order valence-corrected chi connectivity index (χ1v) is 9.34. The van der Waals surface area contributed by atoms with Crippen molar-refractivity contribution >= 4 is 34.7 Å². The molecule has 0 spiro atoms. The molecule has 3 rings (SSSR count). The summed E-state index contributed by atoms with van der Waals surface area (Å²) in [6, 6.07) is 18.7. The maximum atomic E-state index is 11.6. The molecular formula is C18H17NO2S2. The van der Waals surface area contributed by atoms with Gasteiger partial charge in [0.1, 0.15) is 0 Å². The van der Waals surface area contributed by atoms with Gasteiger partial charge in [0, 0.05) is 10.6 Å². The predicted octanol–water partition coefficient (Wildman–Crippen LogP) is 3.92. The smallest absolute Gasteiger partial charge is 0.286 e. The van der Waals surface area contributed by atoms with Crippen LogP contribution in [0, 0.1) is 0 Å². The second-order valence-corrected chi connectivity index (χ2v) is 7.66. The molecule has 2 aromatic carbocycles. The normalized spacial score (nSPS) is 17.3. The Morgan fingerprint density at radius 2 is 1.70 bits per heavy atom. The summed E-state index contributed by atoms with van der Waals surface area (Å²) in [5.74, 6) is 0.861. The van der Waals surface area contributed by atoms with Gasteiger partial charge in [0.2, 0.25) is 5.91 Å². The molecule has 1 atom stereocenters. The van der Waals surface area contributed by atoms with E-state index in [4.69, 9.17) is 0 Å². The van der Waals surface area contributed by atoms with Crippen molar-refractivity contribution in [1.82, 2.24) is 5.32 Å². The number of hydrogen-bond donors (Lipinski definition) is 1. The van der Waals surface area contributed by atoms with Crippen LogP contribution < -0.4 is 5.32 Å². The lowest BCUT2D eigenvalue weighted by atomic mass is 10.1. The molecule has 1 unspecified atom stereocenters. The summed E-state index contributed by atoms with van der Waals surface area (Å²) in [6.45, 7) is 0. The number of aryl methyl sites for hydroxylation is 1. The molecule has 1 N–H and O–H groups in total. The zero-order valence-corrected chi connectivity index (χ0v) is 14.2. The molecule has 5 heteroatoms. The van der Waals surface area contributed by atoms with Crippen LogP contribution in [0.3, 0.4) is 0 Å². The Bertz CT molecular complexity index is 686. The molecule has 23 heavy (non-hydrogen) atoms. The maximum Gasteiger partial charge on any atom is 0.286 e. The summed E-state index contributed by atoms with van der Waals surface area (Å²) < 4.78 is 0. The number of hydrogen-bond acceptors (Lipinski definition) is 4. The van der Waals surface area contributed by atoms with Crippen molar-refractivity contribution < 1.29 is 9.59 Å². The van der Waals surface area contributed by atoms with E-state index in [0.717, 1.165) is 29.5 Å². The zero-order chi connectivity index (χ0) is 16.1. The lowest BCUT2D eigenvalue weighted by Crippen LogP contribution is -2.25. The van der Waals surface area contributed by atoms with Crippen LogP contribution in [0.4, 0.5) is 4.79 Å². The Labute approximate surface area is 144 Å². The number of thioether (sulfide) groups is 2. The average Bonchev–Trinajstić information content (AvgIpc) is 2.88. The molecule has 2 aromatic rings. The fraction of sp³-hybridized carbons (Fsp3) is 0.222. The third-order valence-corrected chi connectivity index (χ3v) is 5.61. The Balaban J connectivity index is 1.49. The minimum absolute atomic E-state index is 0.179. The molecule has 1 fully saturated rings. The SMILES string of the molecule is O=C1NC(=O)C(Cc2ccc(SCCc3ccccc3)cc2)S1. The van der Waals surface area contributed by atoms with Gasteiger partial charge in [0.05, 0.1) is 5.25 Å². The van der Waals surface area contributed by atoms with Crippen molar-refractivity contribution in [1.29, 1.82) is 0 Å². The van der Waals surface area contributed by atoms with Crippen molar-refractivity contribution in [3.63, 3.8) is 0 Å². The van der Waals surface area contributed by atoms with Gasteiger partial charge in [-0.25, -0.2) is 0 Å². The van der Waals surface area contributed by atoms with Gasteiger partial charge in [0.15, 0.2) is 0 Å². The molecule has 1 saturated heterocycles. The Hall–Kier alpha value is -1.72. The Kier molecular flexibility index (Phi) is 5.41. The molecule has 118 valence electrons. The fourth-order valence-electron chi connectivity index (χ4n) is 2.39. The highest BCUT2D eigenvalue weighted by Crippen LogP contribution is 2.25. The lowest BCUT2D eigenvalue weighted by molar-refractivity contribution is -0.118. The van der Waals surface area contributed by atoms with Crippen LogP contribution in [0.5, 0.6) is 0 Å². The van der Waals surface area contributed by atoms with Gasteiger partial charge in [0.25, 0.3) is 5.24 Å². The Morgan fingerprint density at radius 1 is 0.957 bits per heavy atom. The molecule has 0 bridgehead atoms. The highest BCUT2D eigenvalue weighted by Gasteiger charge is 2.31. The first kappa shape index (κ1) is 16.1. The van der Waals surface area contributed by atoms with Crippen LogP contribution in [-0.2, 0) is 17.6 Å². The van der Waals surface area contributed by atoms with E-state index in [9.17, 15) is 9.59 Å². The number of rotatable bonds is 6. The van der Waals surface area contributed by atoms with Crippen LogP contribution >= 0.6 is 23.5 Å². The van der Waals surface area contributed by atoms with Gasteiger partial charge in [-0.2, -0.15) is 0 Å². The first-order chi connectivity index (χ1) is 11.2. The van der Waals surface area contributed by atoms with E-state index < -0.39 is 0 Å². The van der Waals surface area contributed by atoms with Crippen LogP contribution in [0.1, 0.15) is 11.1 Å². The minimum atomic E-state index is -0.293. The van der Waals surface area contributed by atoms with E-state index in [-0.39, 0.29) is 16.4 Å². The van der Waals surface area contributed by atoms with Crippen molar-refractivity contribution in [3.8, 4) is 0 Å². The molecule has 0 aromatic heterocycles. The van der Waals surface area contributed by atoms with Crippen LogP contribution in [0.2, 0.25) is 0 Å². The van der Waals surface area contributed by atoms with E-state index in [1.165, 1.54) is 10.5 Å². The van der Waals surface area contributed by atoms with E-state index in [1.807, 2.05) is 30.0 Å². The Morgan fingerprint density at radius 3 is 2.35 bits per heavy atom. The molecule has 0 aliphatic carbocycles. The topological polar surface area (TPSA) is 46.2 Å². The molecule has 3 nitrogen and oxygen atoms in total. The molecule has 1 heterocycles. The second kappa shape index (κ2) is 7.70. The zero-order valence-electron chi connectivity index (χ0n) is 12.5. The number of imide groups is 1. The summed E-state index contributed by atoms with van der Waals surface area (Å²) in [6.07, 6.45) is 1.64. The van der Waals surface area contributed by atoms with Crippen LogP contribution in [-0.4, -0.2) is 22.1 Å². The second-order valence-electron chi connectivity index (χ2n) is 5.32. The summed E-state index contributed by atoms with van der Waals surface area (Å²) in [5.41, 5.74) is 2.44. The minimum Gasteiger partial charge on any atom is -0.286 e. The standard InChI is InChI=1S/C18H17NO2S2/c20-17-16(23-18(21)19-17)12-14-6-8-15(9-7-14)22-11-10-13-4-2-1-3-5-13/h1-9,16H,10-12H2,(H,19,20,21). The van der Waals surface area contributed by atoms with Gasteiger partial charge >= 0.3 is 0 Å². The number of benzene rings is 2. The van der Waals surface area contributed by atoms with E-state index >= 15 is 0 Å². The van der Waals surface area contributed by atoms with Gasteiger partial charge in [-0.1, -0.05) is 54.2 Å². The summed E-state index contributed by atoms with van der Waals surface area (Å²) in [5, 5.41) is 1.79. The third-order valence-electron chi connectivity index (χ3n) is 3.61. The number of carbonyl (C=O) groups excluding carboxylic acids is 2. The number of carbonyl (C=O) groups is 2. The van der Waals surface area contributed by atoms with Gasteiger partial charge in [-0.05, 0) is 36.1 Å². The third kappa shape index (κ3) is 4.62. The quantitative estimate of drug-likeness (QED) is 0.808. The number of amides is 2. The van der Waals surface area contributed by atoms with Gasteiger partial charge < -0.3 is 0 Å². The predicted molar refractivity (Wildman–Crippen MR) is 95.9 cm³/mol. The molecule has 0 radical (unpaired) electrons. The molecule has 0 saturated carbocycles. The summed E-state index contributed by atoms with van der Waals surface area (Å²) >= 11 is 2.91. The molecular weight excluding hydrogens is 326 g/mol. The van der Waals surface area contributed by atoms with Crippen LogP contribution in [0.25, 0.3) is 0 Å².